The molecular weight excluding hydrogens is 344 g/mol. The second-order valence-electron chi connectivity index (χ2n) is 3.44. The van der Waals surface area contributed by atoms with Gasteiger partial charge in [-0.2, -0.15) is 5.26 Å². The lowest BCUT2D eigenvalue weighted by Crippen LogP contribution is -2.23. The van der Waals surface area contributed by atoms with Crippen molar-refractivity contribution in [2.45, 2.75) is 4.90 Å². The summed E-state index contributed by atoms with van der Waals surface area (Å²) < 4.78 is 45.4. The molecule has 0 amide bonds. The molecule has 0 aliphatic heterocycles. The van der Waals surface area contributed by atoms with Crippen LogP contribution < -0.4 is 5.14 Å². The maximum absolute atomic E-state index is 11.8. The molecule has 0 aliphatic rings. The number of sulfone groups is 1. The summed E-state index contributed by atoms with van der Waals surface area (Å²) in [5, 5.41) is 13.4. The van der Waals surface area contributed by atoms with Crippen LogP contribution in [0, 0.1) is 11.3 Å². The summed E-state index contributed by atoms with van der Waals surface area (Å²) in [5.74, 6) is -1.24. The molecule has 1 rings (SSSR count). The molecule has 0 aromatic heterocycles. The van der Waals surface area contributed by atoms with E-state index in [-0.39, 0.29) is 4.90 Å². The van der Waals surface area contributed by atoms with E-state index in [4.69, 9.17) is 10.4 Å². The van der Waals surface area contributed by atoms with Gasteiger partial charge in [-0.1, -0.05) is 0 Å². The quantitative estimate of drug-likeness (QED) is 0.840. The number of sulfonamides is 1. The first kappa shape index (κ1) is 15.1. The molecule has 0 saturated heterocycles. The average molecular weight is 353 g/mol. The first-order valence-corrected chi connectivity index (χ1v) is 8.75. The number of nitrogens with two attached hydrogens (primary N) is 1. The van der Waals surface area contributed by atoms with Crippen molar-refractivity contribution in [2.75, 3.05) is 11.5 Å². The van der Waals surface area contributed by atoms with Crippen molar-refractivity contribution in [1.29, 1.82) is 5.26 Å². The number of hydrogen-bond acceptors (Lipinski definition) is 5. The summed E-state index contributed by atoms with van der Waals surface area (Å²) in [6, 6.07) is 5.73. The van der Waals surface area contributed by atoms with Gasteiger partial charge in [0, 0.05) is 4.47 Å². The molecule has 0 spiro atoms. The van der Waals surface area contributed by atoms with E-state index in [1.807, 2.05) is 6.07 Å². The maximum atomic E-state index is 11.8. The number of nitriles is 1. The van der Waals surface area contributed by atoms with Crippen molar-refractivity contribution in [3.05, 3.63) is 28.2 Å². The van der Waals surface area contributed by atoms with Crippen molar-refractivity contribution in [2.24, 2.45) is 5.14 Å². The summed E-state index contributed by atoms with van der Waals surface area (Å²) in [5.41, 5.74) is 0.292. The lowest BCUT2D eigenvalue weighted by Gasteiger charge is -2.04. The third-order valence-corrected chi connectivity index (χ3v) is 5.46. The van der Waals surface area contributed by atoms with Gasteiger partial charge >= 0.3 is 0 Å². The molecule has 18 heavy (non-hydrogen) atoms. The zero-order valence-corrected chi connectivity index (χ0v) is 12.2. The summed E-state index contributed by atoms with van der Waals surface area (Å²) >= 11 is 3.06. The van der Waals surface area contributed by atoms with Gasteiger partial charge in [0.25, 0.3) is 0 Å². The fraction of sp³-hybridized carbons (Fsp3) is 0.222. The van der Waals surface area contributed by atoms with Gasteiger partial charge in [-0.3, -0.25) is 0 Å². The fourth-order valence-corrected chi connectivity index (χ4v) is 4.36. The number of benzene rings is 1. The lowest BCUT2D eigenvalue weighted by molar-refractivity contribution is 0.588. The van der Waals surface area contributed by atoms with Crippen LogP contribution in [-0.2, 0) is 19.9 Å². The molecule has 1 aromatic rings. The maximum Gasteiger partial charge on any atom is 0.210 e. The van der Waals surface area contributed by atoms with E-state index in [0.29, 0.717) is 10.0 Å². The van der Waals surface area contributed by atoms with Crippen molar-refractivity contribution in [3.8, 4) is 6.07 Å². The molecule has 0 aliphatic carbocycles. The molecule has 0 atom stereocenters. The van der Waals surface area contributed by atoms with Crippen LogP contribution >= 0.6 is 15.9 Å². The van der Waals surface area contributed by atoms with E-state index >= 15 is 0 Å². The minimum absolute atomic E-state index is 0.0583. The molecule has 1 aromatic carbocycles. The highest BCUT2D eigenvalue weighted by Gasteiger charge is 2.18. The molecule has 6 nitrogen and oxygen atoms in total. The van der Waals surface area contributed by atoms with Crippen LogP contribution in [0.2, 0.25) is 0 Å². The first-order chi connectivity index (χ1) is 8.15. The molecule has 0 saturated carbocycles. The van der Waals surface area contributed by atoms with Crippen LogP contribution in [0.15, 0.2) is 27.6 Å². The highest BCUT2D eigenvalue weighted by Crippen LogP contribution is 2.21. The van der Waals surface area contributed by atoms with Gasteiger partial charge in [0.05, 0.1) is 22.0 Å². The van der Waals surface area contributed by atoms with Gasteiger partial charge < -0.3 is 0 Å². The third kappa shape index (κ3) is 4.06. The van der Waals surface area contributed by atoms with E-state index < -0.39 is 31.4 Å². The fourth-order valence-electron chi connectivity index (χ4n) is 1.12. The normalized spacial score (nSPS) is 12.1. The van der Waals surface area contributed by atoms with Gasteiger partial charge in [0.1, 0.15) is 6.07 Å². The number of primary sulfonamides is 1. The van der Waals surface area contributed by atoms with Gasteiger partial charge in [0.15, 0.2) is 9.84 Å². The van der Waals surface area contributed by atoms with Gasteiger partial charge in [-0.15, -0.1) is 0 Å². The van der Waals surface area contributed by atoms with Crippen LogP contribution in [0.5, 0.6) is 0 Å². The number of rotatable bonds is 4. The first-order valence-electron chi connectivity index (χ1n) is 4.58. The van der Waals surface area contributed by atoms with Gasteiger partial charge in [-0.05, 0) is 34.1 Å². The van der Waals surface area contributed by atoms with E-state index in [1.54, 1.807) is 0 Å². The van der Waals surface area contributed by atoms with Crippen LogP contribution in [0.25, 0.3) is 0 Å². The molecule has 0 bridgehead atoms. The van der Waals surface area contributed by atoms with Crippen molar-refractivity contribution in [1.82, 2.24) is 0 Å². The van der Waals surface area contributed by atoms with Crippen LogP contribution in [0.4, 0.5) is 0 Å². The Hall–Kier alpha value is -0.950. The Morgan fingerprint density at radius 2 is 1.83 bits per heavy atom. The monoisotopic (exact) mass is 352 g/mol. The molecule has 98 valence electrons. The van der Waals surface area contributed by atoms with Crippen LogP contribution in [0.1, 0.15) is 5.56 Å². The minimum Gasteiger partial charge on any atom is -0.229 e. The Morgan fingerprint density at radius 3 is 2.28 bits per heavy atom. The Labute approximate surface area is 114 Å². The zero-order chi connectivity index (χ0) is 14.0. The van der Waals surface area contributed by atoms with E-state index in [0.717, 1.165) is 0 Å². The standard InChI is InChI=1S/C9H9BrN2O4S2/c10-9-5-8(2-1-7(9)6-11)17(13,14)3-4-18(12,15)16/h1-2,5H,3-4H2,(H2,12,15,16). The molecule has 2 N–H and O–H groups in total. The molecule has 9 heteroatoms. The lowest BCUT2D eigenvalue weighted by atomic mass is 10.2. The SMILES string of the molecule is N#Cc1ccc(S(=O)(=O)CCS(N)(=O)=O)cc1Br. The molecule has 0 radical (unpaired) electrons. The molecule has 0 heterocycles. The largest absolute Gasteiger partial charge is 0.229 e. The predicted octanol–water partition coefficient (Wildman–Crippen LogP) is 0.383. The topological polar surface area (TPSA) is 118 Å². The average Bonchev–Trinajstić information content (AvgIpc) is 2.25. The highest BCUT2D eigenvalue weighted by atomic mass is 79.9. The van der Waals surface area contributed by atoms with Crippen molar-refractivity contribution >= 4 is 35.8 Å². The number of nitrogens with zero attached hydrogens (tertiary/aromatic N) is 1. The van der Waals surface area contributed by atoms with E-state index in [2.05, 4.69) is 15.9 Å². The van der Waals surface area contributed by atoms with Crippen molar-refractivity contribution in [3.63, 3.8) is 0 Å². The van der Waals surface area contributed by atoms with Crippen LogP contribution in [-0.4, -0.2) is 28.3 Å². The van der Waals surface area contributed by atoms with Crippen molar-refractivity contribution < 1.29 is 16.8 Å². The second kappa shape index (κ2) is 5.36. The Bertz CT molecular complexity index is 705. The third-order valence-electron chi connectivity index (χ3n) is 2.06. The Balaban J connectivity index is 3.07. The second-order valence-corrected chi connectivity index (χ2v) is 8.14. The Kier molecular flexibility index (Phi) is 4.50. The molecule has 0 unspecified atom stereocenters. The highest BCUT2D eigenvalue weighted by molar-refractivity contribution is 9.10. The number of hydrogen-bond donors (Lipinski definition) is 1. The zero-order valence-electron chi connectivity index (χ0n) is 9.00. The molecular formula is C9H9BrN2O4S2. The molecule has 0 fully saturated rings. The number of halogens is 1. The minimum atomic E-state index is -3.83. The summed E-state index contributed by atoms with van der Waals surface area (Å²) in [4.78, 5) is -0.0583. The summed E-state index contributed by atoms with van der Waals surface area (Å²) in [6.07, 6.45) is 0. The summed E-state index contributed by atoms with van der Waals surface area (Å²) in [7, 11) is -7.57. The smallest absolute Gasteiger partial charge is 0.210 e. The van der Waals surface area contributed by atoms with E-state index in [9.17, 15) is 16.8 Å². The van der Waals surface area contributed by atoms with Crippen LogP contribution in [0.3, 0.4) is 0 Å². The van der Waals surface area contributed by atoms with Gasteiger partial charge in [-0.25, -0.2) is 22.0 Å². The van der Waals surface area contributed by atoms with Gasteiger partial charge in [0.2, 0.25) is 10.0 Å². The predicted molar refractivity (Wildman–Crippen MR) is 68.9 cm³/mol. The summed E-state index contributed by atoms with van der Waals surface area (Å²) in [6.45, 7) is 0. The van der Waals surface area contributed by atoms with E-state index in [1.165, 1.54) is 18.2 Å². The Morgan fingerprint density at radius 1 is 1.22 bits per heavy atom.